The molecule has 0 atom stereocenters. The summed E-state index contributed by atoms with van der Waals surface area (Å²) in [6.45, 7) is -1.54. The van der Waals surface area contributed by atoms with Gasteiger partial charge in [0, 0.05) is 24.7 Å². The number of fused-ring (bicyclic) bond motifs is 1. The molecule has 0 spiro atoms. The number of aromatic nitrogens is 3. The molecule has 0 radical (unpaired) electrons. The van der Waals surface area contributed by atoms with Gasteiger partial charge in [0.05, 0.1) is 16.3 Å². The molecule has 6 nitrogen and oxygen atoms in total. The Morgan fingerprint density at radius 3 is 2.69 bits per heavy atom. The maximum Gasteiger partial charge on any atom is 0.422 e. The van der Waals surface area contributed by atoms with Crippen molar-refractivity contribution in [2.45, 2.75) is 12.8 Å². The molecule has 0 bridgehead atoms. The van der Waals surface area contributed by atoms with Crippen molar-refractivity contribution in [1.29, 1.82) is 0 Å². The van der Waals surface area contributed by atoms with Crippen LogP contribution in [-0.2, 0) is 11.3 Å². The Kier molecular flexibility index (Phi) is 4.99. The van der Waals surface area contributed by atoms with E-state index in [1.807, 2.05) is 0 Å². The third-order valence-corrected chi connectivity index (χ3v) is 3.40. The topological polar surface area (TPSA) is 65.7 Å². The van der Waals surface area contributed by atoms with Gasteiger partial charge in [-0.15, -0.1) is 0 Å². The third-order valence-electron chi connectivity index (χ3n) is 3.17. The van der Waals surface area contributed by atoms with Gasteiger partial charge in [0.1, 0.15) is 12.3 Å². The summed E-state index contributed by atoms with van der Waals surface area (Å²) in [5.41, 5.74) is 1.24. The molecule has 0 aliphatic heterocycles. The Balaban J connectivity index is 1.58. The van der Waals surface area contributed by atoms with E-state index in [9.17, 15) is 18.0 Å². The number of alkyl halides is 3. The monoisotopic (exact) mass is 385 g/mol. The van der Waals surface area contributed by atoms with Crippen molar-refractivity contribution in [1.82, 2.24) is 14.4 Å². The van der Waals surface area contributed by atoms with Gasteiger partial charge in [-0.2, -0.15) is 13.2 Å². The molecule has 3 rings (SSSR count). The molecule has 136 valence electrons. The SMILES string of the molecule is O=C(OCc1cn2cc(Cl)ccc2n1)c1ccc(OCC(F)(F)F)nc1. The zero-order chi connectivity index (χ0) is 18.7. The van der Waals surface area contributed by atoms with E-state index in [0.717, 1.165) is 12.3 Å². The molecule has 10 heteroatoms. The summed E-state index contributed by atoms with van der Waals surface area (Å²) in [5.74, 6) is -0.925. The number of rotatable bonds is 5. The van der Waals surface area contributed by atoms with Gasteiger partial charge in [-0.25, -0.2) is 14.8 Å². The van der Waals surface area contributed by atoms with Crippen LogP contribution in [0, 0.1) is 0 Å². The molecular formula is C16H11ClF3N3O3. The van der Waals surface area contributed by atoms with Crippen molar-refractivity contribution in [3.63, 3.8) is 0 Å². The molecule has 0 aliphatic rings. The summed E-state index contributed by atoms with van der Waals surface area (Å²) in [6.07, 6.45) is -0.0469. The first kappa shape index (κ1) is 18.0. The molecule has 0 fully saturated rings. The molecule has 3 aromatic heterocycles. The summed E-state index contributed by atoms with van der Waals surface area (Å²) in [4.78, 5) is 19.9. The van der Waals surface area contributed by atoms with E-state index in [-0.39, 0.29) is 18.1 Å². The van der Waals surface area contributed by atoms with Crippen LogP contribution < -0.4 is 4.74 Å². The van der Waals surface area contributed by atoms with Gasteiger partial charge < -0.3 is 13.9 Å². The van der Waals surface area contributed by atoms with Crippen LogP contribution in [-0.4, -0.2) is 33.1 Å². The Labute approximate surface area is 150 Å². The first-order valence-electron chi connectivity index (χ1n) is 7.26. The van der Waals surface area contributed by atoms with E-state index in [0.29, 0.717) is 16.4 Å². The minimum Gasteiger partial charge on any atom is -0.468 e. The van der Waals surface area contributed by atoms with Crippen molar-refractivity contribution in [2.24, 2.45) is 0 Å². The fourth-order valence-electron chi connectivity index (χ4n) is 2.05. The zero-order valence-electron chi connectivity index (χ0n) is 13.0. The number of ether oxygens (including phenoxy) is 2. The normalized spacial score (nSPS) is 11.5. The maximum absolute atomic E-state index is 12.1. The van der Waals surface area contributed by atoms with Crippen LogP contribution in [0.3, 0.4) is 0 Å². The summed E-state index contributed by atoms with van der Waals surface area (Å²) in [5, 5.41) is 0.539. The van der Waals surface area contributed by atoms with Crippen molar-refractivity contribution in [3.8, 4) is 5.88 Å². The highest BCUT2D eigenvalue weighted by Gasteiger charge is 2.28. The summed E-state index contributed by atoms with van der Waals surface area (Å²) >= 11 is 5.88. The summed E-state index contributed by atoms with van der Waals surface area (Å²) in [6, 6.07) is 5.84. The van der Waals surface area contributed by atoms with Gasteiger partial charge >= 0.3 is 12.1 Å². The quantitative estimate of drug-likeness (QED) is 0.627. The van der Waals surface area contributed by atoms with Gasteiger partial charge in [-0.1, -0.05) is 11.6 Å². The van der Waals surface area contributed by atoms with Crippen molar-refractivity contribution in [3.05, 3.63) is 59.1 Å². The highest BCUT2D eigenvalue weighted by molar-refractivity contribution is 6.30. The molecule has 0 N–H and O–H groups in total. The minimum absolute atomic E-state index is 0.0789. The van der Waals surface area contributed by atoms with Crippen LogP contribution >= 0.6 is 11.6 Å². The van der Waals surface area contributed by atoms with E-state index >= 15 is 0 Å². The Morgan fingerprint density at radius 2 is 2.00 bits per heavy atom. The first-order valence-corrected chi connectivity index (χ1v) is 7.64. The Morgan fingerprint density at radius 1 is 1.19 bits per heavy atom. The predicted molar refractivity (Wildman–Crippen MR) is 85.1 cm³/mol. The lowest BCUT2D eigenvalue weighted by Gasteiger charge is -2.08. The number of hydrogen-bond acceptors (Lipinski definition) is 5. The van der Waals surface area contributed by atoms with Crippen LogP contribution in [0.5, 0.6) is 5.88 Å². The van der Waals surface area contributed by atoms with Gasteiger partial charge in [-0.05, 0) is 18.2 Å². The smallest absolute Gasteiger partial charge is 0.422 e. The highest BCUT2D eigenvalue weighted by atomic mass is 35.5. The summed E-state index contributed by atoms with van der Waals surface area (Å²) < 4.78 is 47.5. The van der Waals surface area contributed by atoms with Gasteiger partial charge in [0.15, 0.2) is 6.61 Å². The molecule has 26 heavy (non-hydrogen) atoms. The zero-order valence-corrected chi connectivity index (χ0v) is 13.8. The number of esters is 1. The molecule has 3 heterocycles. The fraction of sp³-hybridized carbons (Fsp3) is 0.188. The number of imidazole rings is 1. The first-order chi connectivity index (χ1) is 12.3. The lowest BCUT2D eigenvalue weighted by molar-refractivity contribution is -0.154. The van der Waals surface area contributed by atoms with Gasteiger partial charge in [0.2, 0.25) is 5.88 Å². The van der Waals surface area contributed by atoms with E-state index < -0.39 is 18.8 Å². The van der Waals surface area contributed by atoms with E-state index in [1.54, 1.807) is 28.9 Å². The average Bonchev–Trinajstić information content (AvgIpc) is 2.99. The van der Waals surface area contributed by atoms with Gasteiger partial charge in [0.25, 0.3) is 0 Å². The van der Waals surface area contributed by atoms with E-state index in [2.05, 4.69) is 14.7 Å². The maximum atomic E-state index is 12.1. The van der Waals surface area contributed by atoms with Crippen LogP contribution in [0.15, 0.2) is 42.9 Å². The average molecular weight is 386 g/mol. The van der Waals surface area contributed by atoms with Crippen molar-refractivity contribution in [2.75, 3.05) is 6.61 Å². The Hall–Kier alpha value is -2.81. The number of pyridine rings is 2. The van der Waals surface area contributed by atoms with E-state index in [4.69, 9.17) is 16.3 Å². The van der Waals surface area contributed by atoms with Crippen molar-refractivity contribution >= 4 is 23.2 Å². The second kappa shape index (κ2) is 7.20. The molecule has 0 amide bonds. The van der Waals surface area contributed by atoms with Crippen LogP contribution in [0.1, 0.15) is 16.1 Å². The fourth-order valence-corrected chi connectivity index (χ4v) is 2.22. The number of carbonyl (C=O) groups is 1. The predicted octanol–water partition coefficient (Wildman–Crippen LogP) is 3.68. The molecule has 0 saturated carbocycles. The second-order valence-corrected chi connectivity index (χ2v) is 5.65. The molecule has 0 saturated heterocycles. The standard InChI is InChI=1S/C16H11ClF3N3O3/c17-11-2-3-13-22-12(7-23(13)6-11)8-25-15(24)10-1-4-14(21-5-10)26-9-16(18,19)20/h1-7H,8-9H2. The molecule has 3 aromatic rings. The molecule has 0 aromatic carbocycles. The lowest BCUT2D eigenvalue weighted by atomic mass is 10.3. The number of carbonyl (C=O) groups excluding carboxylic acids is 1. The third kappa shape index (κ3) is 4.63. The largest absolute Gasteiger partial charge is 0.468 e. The Bertz CT molecular complexity index is 926. The van der Waals surface area contributed by atoms with Crippen LogP contribution in [0.2, 0.25) is 5.02 Å². The molecule has 0 unspecified atom stereocenters. The number of hydrogen-bond donors (Lipinski definition) is 0. The lowest BCUT2D eigenvalue weighted by Crippen LogP contribution is -2.19. The van der Waals surface area contributed by atoms with Crippen molar-refractivity contribution < 1.29 is 27.4 Å². The minimum atomic E-state index is -4.46. The van der Waals surface area contributed by atoms with Crippen LogP contribution in [0.4, 0.5) is 13.2 Å². The second-order valence-electron chi connectivity index (χ2n) is 5.21. The van der Waals surface area contributed by atoms with Gasteiger partial charge in [-0.3, -0.25) is 0 Å². The number of nitrogens with zero attached hydrogens (tertiary/aromatic N) is 3. The highest BCUT2D eigenvalue weighted by Crippen LogP contribution is 2.17. The number of halogens is 4. The molecule has 0 aliphatic carbocycles. The molecular weight excluding hydrogens is 375 g/mol. The van der Waals surface area contributed by atoms with Crippen LogP contribution in [0.25, 0.3) is 5.65 Å². The van der Waals surface area contributed by atoms with E-state index in [1.165, 1.54) is 6.07 Å². The summed E-state index contributed by atoms with van der Waals surface area (Å²) in [7, 11) is 0.